The fraction of sp³-hybridized carbons (Fsp3) is 0.182. The van der Waals surface area contributed by atoms with E-state index in [0.717, 1.165) is 15.2 Å². The standard InChI is InChI=1S/C11H10N4S2/c1-8-2-4-9(5-3-8)13-10-14-15-11(17-10)16-7-6-12/h2-5H,7H2,1H3,(H,13,14). The third-order valence-electron chi connectivity index (χ3n) is 1.97. The molecule has 2 rings (SSSR count). The highest BCUT2D eigenvalue weighted by molar-refractivity contribution is 8.01. The smallest absolute Gasteiger partial charge is 0.210 e. The summed E-state index contributed by atoms with van der Waals surface area (Å²) in [5, 5.41) is 20.4. The number of nitriles is 1. The summed E-state index contributed by atoms with van der Waals surface area (Å²) in [4.78, 5) is 0. The van der Waals surface area contributed by atoms with Gasteiger partial charge >= 0.3 is 0 Å². The van der Waals surface area contributed by atoms with E-state index in [0.29, 0.717) is 5.75 Å². The van der Waals surface area contributed by atoms with Gasteiger partial charge in [-0.2, -0.15) is 5.26 Å². The van der Waals surface area contributed by atoms with Crippen LogP contribution in [0.25, 0.3) is 0 Å². The first-order valence-electron chi connectivity index (χ1n) is 4.95. The van der Waals surface area contributed by atoms with Crippen LogP contribution < -0.4 is 5.32 Å². The molecule has 0 aliphatic rings. The van der Waals surface area contributed by atoms with Crippen LogP contribution in [0.2, 0.25) is 0 Å². The van der Waals surface area contributed by atoms with Gasteiger partial charge in [0.25, 0.3) is 0 Å². The molecule has 0 radical (unpaired) electrons. The molecule has 86 valence electrons. The van der Waals surface area contributed by atoms with E-state index in [1.807, 2.05) is 31.2 Å². The van der Waals surface area contributed by atoms with E-state index in [4.69, 9.17) is 5.26 Å². The number of hydrogen-bond acceptors (Lipinski definition) is 6. The molecular formula is C11H10N4S2. The van der Waals surface area contributed by atoms with Gasteiger partial charge in [-0.25, -0.2) is 0 Å². The Labute approximate surface area is 108 Å². The van der Waals surface area contributed by atoms with Crippen LogP contribution >= 0.6 is 23.1 Å². The Morgan fingerprint density at radius 1 is 1.35 bits per heavy atom. The second kappa shape index (κ2) is 5.66. The van der Waals surface area contributed by atoms with Crippen LogP contribution in [0.5, 0.6) is 0 Å². The minimum Gasteiger partial charge on any atom is -0.330 e. The molecule has 1 aromatic heterocycles. The average Bonchev–Trinajstić information content (AvgIpc) is 2.77. The third kappa shape index (κ3) is 3.44. The monoisotopic (exact) mass is 262 g/mol. The van der Waals surface area contributed by atoms with Crippen molar-refractivity contribution in [3.8, 4) is 6.07 Å². The van der Waals surface area contributed by atoms with Crippen molar-refractivity contribution >= 4 is 33.9 Å². The van der Waals surface area contributed by atoms with E-state index in [-0.39, 0.29) is 0 Å². The fourth-order valence-electron chi connectivity index (χ4n) is 1.17. The Morgan fingerprint density at radius 3 is 2.82 bits per heavy atom. The zero-order valence-corrected chi connectivity index (χ0v) is 10.8. The van der Waals surface area contributed by atoms with E-state index >= 15 is 0 Å². The van der Waals surface area contributed by atoms with Crippen LogP contribution in [0.1, 0.15) is 5.56 Å². The molecule has 1 N–H and O–H groups in total. The van der Waals surface area contributed by atoms with Crippen LogP contribution in [0.3, 0.4) is 0 Å². The molecule has 1 heterocycles. The quantitative estimate of drug-likeness (QED) is 0.857. The van der Waals surface area contributed by atoms with Gasteiger partial charge in [0.15, 0.2) is 4.34 Å². The number of nitrogens with zero attached hydrogens (tertiary/aromatic N) is 3. The number of nitrogens with one attached hydrogen (secondary N) is 1. The van der Waals surface area contributed by atoms with E-state index < -0.39 is 0 Å². The highest BCUT2D eigenvalue weighted by Gasteiger charge is 2.04. The highest BCUT2D eigenvalue weighted by Crippen LogP contribution is 2.27. The molecule has 0 amide bonds. The first-order chi connectivity index (χ1) is 8.28. The summed E-state index contributed by atoms with van der Waals surface area (Å²) < 4.78 is 0.807. The molecule has 0 fully saturated rings. The van der Waals surface area contributed by atoms with Gasteiger partial charge in [0.2, 0.25) is 5.13 Å². The Balaban J connectivity index is 2.01. The molecule has 6 heteroatoms. The average molecular weight is 262 g/mol. The van der Waals surface area contributed by atoms with Crippen LogP contribution in [-0.2, 0) is 0 Å². The summed E-state index contributed by atoms with van der Waals surface area (Å²) in [6, 6.07) is 10.1. The van der Waals surface area contributed by atoms with Crippen molar-refractivity contribution in [1.82, 2.24) is 10.2 Å². The Kier molecular flexibility index (Phi) is 3.96. The predicted molar refractivity (Wildman–Crippen MR) is 70.7 cm³/mol. The molecule has 0 spiro atoms. The van der Waals surface area contributed by atoms with Gasteiger partial charge in [-0.3, -0.25) is 0 Å². The van der Waals surface area contributed by atoms with Gasteiger partial charge in [0.05, 0.1) is 11.8 Å². The summed E-state index contributed by atoms with van der Waals surface area (Å²) in [6.45, 7) is 2.05. The molecule has 0 aliphatic carbocycles. The molecule has 1 aromatic carbocycles. The molecule has 0 aliphatic heterocycles. The second-order valence-electron chi connectivity index (χ2n) is 3.31. The van der Waals surface area contributed by atoms with Crippen molar-refractivity contribution < 1.29 is 0 Å². The minimum absolute atomic E-state index is 0.402. The molecule has 0 saturated carbocycles. The van der Waals surface area contributed by atoms with Gasteiger partial charge in [0.1, 0.15) is 0 Å². The molecular weight excluding hydrogens is 252 g/mol. The van der Waals surface area contributed by atoms with Crippen molar-refractivity contribution in [1.29, 1.82) is 5.26 Å². The fourth-order valence-corrected chi connectivity index (χ4v) is 2.61. The van der Waals surface area contributed by atoms with Crippen molar-refractivity contribution in [3.63, 3.8) is 0 Å². The van der Waals surface area contributed by atoms with Gasteiger partial charge in [-0.05, 0) is 19.1 Å². The van der Waals surface area contributed by atoms with E-state index in [9.17, 15) is 0 Å². The summed E-state index contributed by atoms with van der Waals surface area (Å²) in [7, 11) is 0. The van der Waals surface area contributed by atoms with Crippen LogP contribution in [0.15, 0.2) is 28.6 Å². The first-order valence-corrected chi connectivity index (χ1v) is 6.75. The van der Waals surface area contributed by atoms with Crippen LogP contribution in [0, 0.1) is 18.3 Å². The zero-order chi connectivity index (χ0) is 12.1. The van der Waals surface area contributed by atoms with Gasteiger partial charge in [-0.15, -0.1) is 10.2 Å². The molecule has 0 saturated heterocycles. The van der Waals surface area contributed by atoms with Gasteiger partial charge < -0.3 is 5.32 Å². The topological polar surface area (TPSA) is 61.6 Å². The Hall–Kier alpha value is -1.58. The number of rotatable bonds is 4. The first kappa shape index (κ1) is 11.9. The van der Waals surface area contributed by atoms with E-state index in [2.05, 4.69) is 21.6 Å². The van der Waals surface area contributed by atoms with Crippen LogP contribution in [0.4, 0.5) is 10.8 Å². The number of benzene rings is 1. The van der Waals surface area contributed by atoms with Crippen LogP contribution in [-0.4, -0.2) is 16.0 Å². The van der Waals surface area contributed by atoms with Crippen molar-refractivity contribution in [2.75, 3.05) is 11.1 Å². The number of thioether (sulfide) groups is 1. The van der Waals surface area contributed by atoms with E-state index in [1.165, 1.54) is 28.7 Å². The Bertz CT molecular complexity index is 527. The molecule has 0 unspecified atom stereocenters. The molecule has 0 atom stereocenters. The third-order valence-corrected chi connectivity index (χ3v) is 3.81. The van der Waals surface area contributed by atoms with E-state index in [1.54, 1.807) is 0 Å². The lowest BCUT2D eigenvalue weighted by atomic mass is 10.2. The highest BCUT2D eigenvalue weighted by atomic mass is 32.2. The maximum absolute atomic E-state index is 8.47. The normalized spacial score (nSPS) is 9.88. The Morgan fingerprint density at radius 2 is 2.12 bits per heavy atom. The lowest BCUT2D eigenvalue weighted by molar-refractivity contribution is 1.01. The number of aromatic nitrogens is 2. The lowest BCUT2D eigenvalue weighted by Gasteiger charge is -2.01. The maximum Gasteiger partial charge on any atom is 0.210 e. The number of hydrogen-bond donors (Lipinski definition) is 1. The largest absolute Gasteiger partial charge is 0.330 e. The number of aryl methyl sites for hydroxylation is 1. The second-order valence-corrected chi connectivity index (χ2v) is 5.51. The maximum atomic E-state index is 8.47. The van der Waals surface area contributed by atoms with Crippen molar-refractivity contribution in [3.05, 3.63) is 29.8 Å². The summed E-state index contributed by atoms with van der Waals surface area (Å²) >= 11 is 2.85. The van der Waals surface area contributed by atoms with Crippen molar-refractivity contribution in [2.45, 2.75) is 11.3 Å². The van der Waals surface area contributed by atoms with Crippen molar-refractivity contribution in [2.24, 2.45) is 0 Å². The van der Waals surface area contributed by atoms with Gasteiger partial charge in [0, 0.05) is 5.69 Å². The SMILES string of the molecule is Cc1ccc(Nc2nnc(SCC#N)s2)cc1. The molecule has 0 bridgehead atoms. The number of anilines is 2. The summed E-state index contributed by atoms with van der Waals surface area (Å²) in [6.07, 6.45) is 0. The molecule has 17 heavy (non-hydrogen) atoms. The minimum atomic E-state index is 0.402. The predicted octanol–water partition coefficient (Wildman–Crippen LogP) is 3.21. The summed E-state index contributed by atoms with van der Waals surface area (Å²) in [5.74, 6) is 0.402. The molecule has 2 aromatic rings. The zero-order valence-electron chi connectivity index (χ0n) is 9.17. The van der Waals surface area contributed by atoms with Gasteiger partial charge in [-0.1, -0.05) is 40.8 Å². The lowest BCUT2D eigenvalue weighted by Crippen LogP contribution is -1.88. The molecule has 4 nitrogen and oxygen atoms in total. The summed E-state index contributed by atoms with van der Waals surface area (Å²) in [5.41, 5.74) is 2.21.